The van der Waals surface area contributed by atoms with Gasteiger partial charge in [-0.2, -0.15) is 9.40 Å². The van der Waals surface area contributed by atoms with E-state index < -0.39 is 16.0 Å². The molecule has 9 heteroatoms. The molecule has 0 amide bonds. The topological polar surface area (TPSA) is 119 Å². The summed E-state index contributed by atoms with van der Waals surface area (Å²) in [6.07, 6.45) is 0.747. The standard InChI is InChI=1S/C12H20N4O4S/c1-8-12(9(2)16(14-8)7-11(17)18)21(19,20)15-4-3-10(5-13)6-15/h10H,3-7,13H2,1-2H3,(H,17,18). The minimum atomic E-state index is -3.66. The molecule has 0 aromatic carbocycles. The highest BCUT2D eigenvalue weighted by Crippen LogP contribution is 2.28. The molecule has 118 valence electrons. The maximum atomic E-state index is 12.7. The van der Waals surface area contributed by atoms with Crippen LogP contribution in [0.2, 0.25) is 0 Å². The van der Waals surface area contributed by atoms with Crippen LogP contribution >= 0.6 is 0 Å². The third-order valence-corrected chi connectivity index (χ3v) is 5.90. The lowest BCUT2D eigenvalue weighted by Gasteiger charge is -2.16. The Labute approximate surface area is 123 Å². The van der Waals surface area contributed by atoms with Gasteiger partial charge in [-0.15, -0.1) is 0 Å². The Morgan fingerprint density at radius 2 is 2.14 bits per heavy atom. The van der Waals surface area contributed by atoms with Gasteiger partial charge in [-0.25, -0.2) is 8.42 Å². The van der Waals surface area contributed by atoms with Crippen LogP contribution in [0, 0.1) is 19.8 Å². The summed E-state index contributed by atoms with van der Waals surface area (Å²) in [6, 6.07) is 0. The van der Waals surface area contributed by atoms with Crippen LogP contribution in [-0.4, -0.2) is 53.2 Å². The van der Waals surface area contributed by atoms with Gasteiger partial charge in [0.2, 0.25) is 10.0 Å². The van der Waals surface area contributed by atoms with Crippen molar-refractivity contribution in [2.24, 2.45) is 11.7 Å². The van der Waals surface area contributed by atoms with Gasteiger partial charge in [-0.05, 0) is 32.7 Å². The molecule has 2 rings (SSSR count). The molecular formula is C12H20N4O4S. The van der Waals surface area contributed by atoms with Gasteiger partial charge in [-0.3, -0.25) is 9.48 Å². The van der Waals surface area contributed by atoms with Crippen molar-refractivity contribution < 1.29 is 18.3 Å². The average molecular weight is 316 g/mol. The van der Waals surface area contributed by atoms with Gasteiger partial charge in [0.05, 0.1) is 11.4 Å². The monoisotopic (exact) mass is 316 g/mol. The van der Waals surface area contributed by atoms with Gasteiger partial charge in [0.25, 0.3) is 0 Å². The third-order valence-electron chi connectivity index (χ3n) is 3.78. The second-order valence-electron chi connectivity index (χ2n) is 5.30. The largest absolute Gasteiger partial charge is 0.480 e. The number of sulfonamides is 1. The fourth-order valence-corrected chi connectivity index (χ4v) is 4.58. The Hall–Kier alpha value is -1.45. The zero-order valence-electron chi connectivity index (χ0n) is 12.1. The first-order chi connectivity index (χ1) is 9.77. The summed E-state index contributed by atoms with van der Waals surface area (Å²) < 4.78 is 28.1. The first kappa shape index (κ1) is 15.9. The van der Waals surface area contributed by atoms with Crippen LogP contribution in [0.1, 0.15) is 17.8 Å². The van der Waals surface area contributed by atoms with Crippen molar-refractivity contribution in [3.8, 4) is 0 Å². The molecule has 8 nitrogen and oxygen atoms in total. The second kappa shape index (κ2) is 5.74. The highest BCUT2D eigenvalue weighted by molar-refractivity contribution is 7.89. The number of carboxylic acids is 1. The maximum Gasteiger partial charge on any atom is 0.325 e. The van der Waals surface area contributed by atoms with E-state index in [0.717, 1.165) is 6.42 Å². The molecule has 1 aromatic heterocycles. The molecule has 1 unspecified atom stereocenters. The van der Waals surface area contributed by atoms with E-state index in [1.54, 1.807) is 13.8 Å². The SMILES string of the molecule is Cc1nn(CC(=O)O)c(C)c1S(=O)(=O)N1CCC(CN)C1. The molecule has 1 aliphatic heterocycles. The average Bonchev–Trinajstić information content (AvgIpc) is 2.95. The number of hydrogen-bond acceptors (Lipinski definition) is 5. The number of carboxylic acid groups (broad SMARTS) is 1. The molecule has 1 aromatic rings. The summed E-state index contributed by atoms with van der Waals surface area (Å²) in [5.41, 5.74) is 6.27. The quantitative estimate of drug-likeness (QED) is 0.760. The molecule has 0 saturated carbocycles. The molecule has 0 radical (unpaired) electrons. The van der Waals surface area contributed by atoms with Gasteiger partial charge in [-0.1, -0.05) is 0 Å². The number of hydrogen-bond donors (Lipinski definition) is 2. The Morgan fingerprint density at radius 3 is 2.67 bits per heavy atom. The fraction of sp³-hybridized carbons (Fsp3) is 0.667. The highest BCUT2D eigenvalue weighted by Gasteiger charge is 2.35. The van der Waals surface area contributed by atoms with Crippen molar-refractivity contribution in [2.45, 2.75) is 31.7 Å². The number of nitrogens with zero attached hydrogens (tertiary/aromatic N) is 3. The van der Waals surface area contributed by atoms with E-state index in [9.17, 15) is 13.2 Å². The van der Waals surface area contributed by atoms with E-state index >= 15 is 0 Å². The summed E-state index contributed by atoms with van der Waals surface area (Å²) >= 11 is 0. The first-order valence-electron chi connectivity index (χ1n) is 6.73. The second-order valence-corrected chi connectivity index (χ2v) is 7.18. The summed E-state index contributed by atoms with van der Waals surface area (Å²) in [5.74, 6) is -0.886. The lowest BCUT2D eigenvalue weighted by molar-refractivity contribution is -0.137. The van der Waals surface area contributed by atoms with Crippen molar-refractivity contribution >= 4 is 16.0 Å². The number of aryl methyl sites for hydroxylation is 1. The van der Waals surface area contributed by atoms with E-state index in [2.05, 4.69) is 5.10 Å². The zero-order valence-corrected chi connectivity index (χ0v) is 12.9. The molecular weight excluding hydrogens is 296 g/mol. The summed E-state index contributed by atoms with van der Waals surface area (Å²) in [6.45, 7) is 4.10. The van der Waals surface area contributed by atoms with Crippen molar-refractivity contribution in [1.29, 1.82) is 0 Å². The third kappa shape index (κ3) is 2.94. The number of carbonyl (C=O) groups is 1. The molecule has 1 aliphatic rings. The van der Waals surface area contributed by atoms with Gasteiger partial charge in [0.15, 0.2) is 0 Å². The van der Waals surface area contributed by atoms with Gasteiger partial charge >= 0.3 is 5.97 Å². The molecule has 21 heavy (non-hydrogen) atoms. The maximum absolute atomic E-state index is 12.7. The van der Waals surface area contributed by atoms with Crippen molar-refractivity contribution in [1.82, 2.24) is 14.1 Å². The summed E-state index contributed by atoms with van der Waals surface area (Å²) in [7, 11) is -3.66. The number of aromatic nitrogens is 2. The first-order valence-corrected chi connectivity index (χ1v) is 8.17. The normalized spacial score (nSPS) is 20.0. The predicted molar refractivity (Wildman–Crippen MR) is 75.3 cm³/mol. The molecule has 0 aliphatic carbocycles. The molecule has 0 spiro atoms. The van der Waals surface area contributed by atoms with Crippen LogP contribution in [-0.2, 0) is 21.4 Å². The Morgan fingerprint density at radius 1 is 1.48 bits per heavy atom. The van der Waals surface area contributed by atoms with Crippen LogP contribution in [0.25, 0.3) is 0 Å². The lowest BCUT2D eigenvalue weighted by Crippen LogP contribution is -2.30. The van der Waals surface area contributed by atoms with Gasteiger partial charge in [0.1, 0.15) is 11.4 Å². The summed E-state index contributed by atoms with van der Waals surface area (Å²) in [4.78, 5) is 10.9. The van der Waals surface area contributed by atoms with E-state index in [-0.39, 0.29) is 17.4 Å². The van der Waals surface area contributed by atoms with E-state index in [4.69, 9.17) is 10.8 Å². The zero-order chi connectivity index (χ0) is 15.8. The van der Waals surface area contributed by atoms with Crippen LogP contribution in [0.15, 0.2) is 4.90 Å². The van der Waals surface area contributed by atoms with Crippen LogP contribution in [0.4, 0.5) is 0 Å². The Balaban J connectivity index is 2.37. The smallest absolute Gasteiger partial charge is 0.325 e. The molecule has 1 fully saturated rings. The number of aliphatic carboxylic acids is 1. The van der Waals surface area contributed by atoms with Crippen LogP contribution < -0.4 is 5.73 Å². The molecule has 0 bridgehead atoms. The molecule has 2 heterocycles. The van der Waals surface area contributed by atoms with Crippen molar-refractivity contribution in [3.63, 3.8) is 0 Å². The minimum Gasteiger partial charge on any atom is -0.480 e. The Bertz CT molecular complexity index is 652. The minimum absolute atomic E-state index is 0.112. The van der Waals surface area contributed by atoms with Crippen LogP contribution in [0.5, 0.6) is 0 Å². The van der Waals surface area contributed by atoms with Crippen molar-refractivity contribution in [3.05, 3.63) is 11.4 Å². The van der Waals surface area contributed by atoms with E-state index in [0.29, 0.717) is 31.0 Å². The molecule has 1 atom stereocenters. The number of rotatable bonds is 5. The fourth-order valence-electron chi connectivity index (χ4n) is 2.67. The van der Waals surface area contributed by atoms with E-state index in [1.807, 2.05) is 0 Å². The lowest BCUT2D eigenvalue weighted by atomic mass is 10.1. The van der Waals surface area contributed by atoms with Crippen molar-refractivity contribution in [2.75, 3.05) is 19.6 Å². The summed E-state index contributed by atoms with van der Waals surface area (Å²) in [5, 5.41) is 12.9. The van der Waals surface area contributed by atoms with E-state index in [1.165, 1.54) is 8.99 Å². The number of nitrogens with two attached hydrogens (primary N) is 1. The molecule has 1 saturated heterocycles. The van der Waals surface area contributed by atoms with Gasteiger partial charge < -0.3 is 10.8 Å². The highest BCUT2D eigenvalue weighted by atomic mass is 32.2. The molecule has 3 N–H and O–H groups in total. The Kier molecular flexibility index (Phi) is 4.35. The van der Waals surface area contributed by atoms with Crippen LogP contribution in [0.3, 0.4) is 0 Å². The predicted octanol–water partition coefficient (Wildman–Crippen LogP) is -0.446. The van der Waals surface area contributed by atoms with Gasteiger partial charge in [0, 0.05) is 13.1 Å².